The summed E-state index contributed by atoms with van der Waals surface area (Å²) in [7, 11) is 0. The standard InChI is InChI=1S/C15H19N3O4/c19-13-9-22-8-11(15(13)21)17-14(20)5-6-18-12-4-2-1-3-10(12)7-16-18/h1-4,7,11,13,15,19,21H,5-6,8-9H2,(H,17,20)/t11-,13-,15+/m1/s1. The van der Waals surface area contributed by atoms with Crippen LogP contribution in [0.2, 0.25) is 0 Å². The van der Waals surface area contributed by atoms with Gasteiger partial charge in [-0.3, -0.25) is 9.48 Å². The van der Waals surface area contributed by atoms with Gasteiger partial charge in [0.2, 0.25) is 5.91 Å². The molecule has 0 bridgehead atoms. The second-order valence-electron chi connectivity index (χ2n) is 5.45. The number of aryl methyl sites for hydroxylation is 1. The molecule has 3 N–H and O–H groups in total. The fraction of sp³-hybridized carbons (Fsp3) is 0.467. The molecular formula is C15H19N3O4. The molecule has 1 aromatic heterocycles. The van der Waals surface area contributed by atoms with Crippen molar-refractivity contribution in [3.8, 4) is 0 Å². The third-order valence-electron chi connectivity index (χ3n) is 3.84. The van der Waals surface area contributed by atoms with Gasteiger partial charge in [-0.25, -0.2) is 0 Å². The van der Waals surface area contributed by atoms with Crippen LogP contribution in [-0.4, -0.2) is 57.4 Å². The Hall–Kier alpha value is -1.96. The van der Waals surface area contributed by atoms with Crippen molar-refractivity contribution < 1.29 is 19.7 Å². The highest BCUT2D eigenvalue weighted by molar-refractivity contribution is 5.79. The summed E-state index contributed by atoms with van der Waals surface area (Å²) in [5, 5.41) is 27.3. The van der Waals surface area contributed by atoms with Gasteiger partial charge in [0, 0.05) is 11.8 Å². The molecule has 2 heterocycles. The Morgan fingerprint density at radius 2 is 2.18 bits per heavy atom. The monoisotopic (exact) mass is 305 g/mol. The lowest BCUT2D eigenvalue weighted by molar-refractivity contribution is -0.131. The van der Waals surface area contributed by atoms with Crippen LogP contribution in [0.3, 0.4) is 0 Å². The lowest BCUT2D eigenvalue weighted by atomic mass is 10.0. The predicted molar refractivity (Wildman–Crippen MR) is 79.1 cm³/mol. The second kappa shape index (κ2) is 6.43. The van der Waals surface area contributed by atoms with Crippen LogP contribution in [0.5, 0.6) is 0 Å². The quantitative estimate of drug-likeness (QED) is 0.718. The molecule has 0 unspecified atom stereocenters. The zero-order valence-corrected chi connectivity index (χ0v) is 12.1. The van der Waals surface area contributed by atoms with E-state index in [0.29, 0.717) is 6.54 Å². The number of nitrogens with zero attached hydrogens (tertiary/aromatic N) is 2. The average molecular weight is 305 g/mol. The van der Waals surface area contributed by atoms with E-state index >= 15 is 0 Å². The molecule has 2 aromatic rings. The molecule has 0 spiro atoms. The van der Waals surface area contributed by atoms with Crippen LogP contribution in [0.15, 0.2) is 30.5 Å². The van der Waals surface area contributed by atoms with E-state index in [-0.39, 0.29) is 25.5 Å². The number of amides is 1. The number of aliphatic hydroxyl groups excluding tert-OH is 2. The average Bonchev–Trinajstić information content (AvgIpc) is 2.93. The molecule has 0 radical (unpaired) electrons. The van der Waals surface area contributed by atoms with Crippen molar-refractivity contribution in [2.24, 2.45) is 0 Å². The van der Waals surface area contributed by atoms with Crippen LogP contribution in [0.1, 0.15) is 6.42 Å². The first kappa shape index (κ1) is 15.0. The number of para-hydroxylation sites is 1. The van der Waals surface area contributed by atoms with Gasteiger partial charge in [0.1, 0.15) is 12.2 Å². The fourth-order valence-electron chi connectivity index (χ4n) is 2.60. The van der Waals surface area contributed by atoms with Crippen LogP contribution >= 0.6 is 0 Å². The molecule has 0 aliphatic carbocycles. The summed E-state index contributed by atoms with van der Waals surface area (Å²) in [6, 6.07) is 7.21. The van der Waals surface area contributed by atoms with E-state index in [9.17, 15) is 15.0 Å². The number of ether oxygens (including phenoxy) is 1. The van der Waals surface area contributed by atoms with Gasteiger partial charge in [-0.15, -0.1) is 0 Å². The number of rotatable bonds is 4. The van der Waals surface area contributed by atoms with Crippen LogP contribution in [0.4, 0.5) is 0 Å². The Bertz CT molecular complexity index is 657. The van der Waals surface area contributed by atoms with Crippen molar-refractivity contribution in [2.45, 2.75) is 31.2 Å². The molecule has 1 amide bonds. The maximum atomic E-state index is 12.0. The summed E-state index contributed by atoms with van der Waals surface area (Å²) in [6.07, 6.45) is 0.0465. The van der Waals surface area contributed by atoms with Crippen molar-refractivity contribution in [2.75, 3.05) is 13.2 Å². The topological polar surface area (TPSA) is 96.6 Å². The highest BCUT2D eigenvalue weighted by Crippen LogP contribution is 2.13. The predicted octanol–water partition coefficient (Wildman–Crippen LogP) is -0.337. The van der Waals surface area contributed by atoms with Gasteiger partial charge in [-0.1, -0.05) is 18.2 Å². The van der Waals surface area contributed by atoms with E-state index in [1.54, 1.807) is 10.9 Å². The lowest BCUT2D eigenvalue weighted by Crippen LogP contribution is -2.55. The minimum Gasteiger partial charge on any atom is -0.388 e. The third kappa shape index (κ3) is 3.11. The number of aliphatic hydroxyl groups is 2. The first-order chi connectivity index (χ1) is 10.6. The maximum Gasteiger partial charge on any atom is 0.222 e. The van der Waals surface area contributed by atoms with Gasteiger partial charge in [-0.2, -0.15) is 5.10 Å². The van der Waals surface area contributed by atoms with Crippen molar-refractivity contribution >= 4 is 16.8 Å². The van der Waals surface area contributed by atoms with Crippen LogP contribution in [0, 0.1) is 0 Å². The molecule has 7 heteroatoms. The normalized spacial score (nSPS) is 25.3. The Balaban J connectivity index is 1.56. The summed E-state index contributed by atoms with van der Waals surface area (Å²) >= 11 is 0. The van der Waals surface area contributed by atoms with Crippen LogP contribution in [-0.2, 0) is 16.1 Å². The Kier molecular flexibility index (Phi) is 4.37. The van der Waals surface area contributed by atoms with E-state index in [1.165, 1.54) is 0 Å². The second-order valence-corrected chi connectivity index (χ2v) is 5.45. The smallest absolute Gasteiger partial charge is 0.222 e. The molecule has 3 atom stereocenters. The summed E-state index contributed by atoms with van der Waals surface area (Å²) in [5.74, 6) is -0.207. The Morgan fingerprint density at radius 1 is 1.36 bits per heavy atom. The van der Waals surface area contributed by atoms with E-state index in [0.717, 1.165) is 10.9 Å². The molecule has 1 saturated heterocycles. The van der Waals surface area contributed by atoms with E-state index in [1.807, 2.05) is 24.3 Å². The van der Waals surface area contributed by atoms with Gasteiger partial charge >= 0.3 is 0 Å². The van der Waals surface area contributed by atoms with Gasteiger partial charge in [-0.05, 0) is 6.07 Å². The van der Waals surface area contributed by atoms with Crippen molar-refractivity contribution in [3.63, 3.8) is 0 Å². The summed E-state index contributed by atoms with van der Waals surface area (Å²) in [4.78, 5) is 12.0. The Morgan fingerprint density at radius 3 is 3.05 bits per heavy atom. The molecule has 1 fully saturated rings. The maximum absolute atomic E-state index is 12.0. The van der Waals surface area contributed by atoms with Gasteiger partial charge in [0.25, 0.3) is 0 Å². The molecule has 7 nitrogen and oxygen atoms in total. The largest absolute Gasteiger partial charge is 0.388 e. The molecule has 1 aliphatic heterocycles. The highest BCUT2D eigenvalue weighted by atomic mass is 16.5. The van der Waals surface area contributed by atoms with Crippen molar-refractivity contribution in [3.05, 3.63) is 30.5 Å². The van der Waals surface area contributed by atoms with Gasteiger partial charge in [0.15, 0.2) is 0 Å². The number of fused-ring (bicyclic) bond motifs is 1. The summed E-state index contributed by atoms with van der Waals surface area (Å²) in [5.41, 5.74) is 0.978. The number of hydrogen-bond donors (Lipinski definition) is 3. The molecule has 22 heavy (non-hydrogen) atoms. The first-order valence-corrected chi connectivity index (χ1v) is 7.29. The fourth-order valence-corrected chi connectivity index (χ4v) is 2.60. The third-order valence-corrected chi connectivity index (χ3v) is 3.84. The van der Waals surface area contributed by atoms with E-state index in [2.05, 4.69) is 10.4 Å². The molecule has 3 rings (SSSR count). The zero-order valence-electron chi connectivity index (χ0n) is 12.1. The molecular weight excluding hydrogens is 286 g/mol. The molecule has 0 saturated carbocycles. The number of nitrogens with one attached hydrogen (secondary N) is 1. The number of carbonyl (C=O) groups is 1. The lowest BCUT2D eigenvalue weighted by Gasteiger charge is -2.32. The van der Waals surface area contributed by atoms with Crippen molar-refractivity contribution in [1.29, 1.82) is 0 Å². The minimum atomic E-state index is -0.997. The summed E-state index contributed by atoms with van der Waals surface area (Å²) < 4.78 is 6.91. The summed E-state index contributed by atoms with van der Waals surface area (Å²) in [6.45, 7) is 0.743. The highest BCUT2D eigenvalue weighted by Gasteiger charge is 2.32. The van der Waals surface area contributed by atoms with E-state index in [4.69, 9.17) is 4.74 Å². The number of benzene rings is 1. The van der Waals surface area contributed by atoms with E-state index < -0.39 is 18.2 Å². The Labute approximate surface area is 127 Å². The van der Waals surface area contributed by atoms with Crippen LogP contribution < -0.4 is 5.32 Å². The number of carbonyl (C=O) groups excluding carboxylic acids is 1. The van der Waals surface area contributed by atoms with Gasteiger partial charge in [0.05, 0.1) is 37.5 Å². The van der Waals surface area contributed by atoms with Crippen LogP contribution in [0.25, 0.3) is 10.9 Å². The molecule has 1 aromatic carbocycles. The van der Waals surface area contributed by atoms with Crippen molar-refractivity contribution in [1.82, 2.24) is 15.1 Å². The molecule has 118 valence electrons. The molecule has 1 aliphatic rings. The SMILES string of the molecule is O=C(CCn1ncc2ccccc21)N[C@@H]1COC[C@@H](O)[C@H]1O. The van der Waals surface area contributed by atoms with Gasteiger partial charge < -0.3 is 20.3 Å². The first-order valence-electron chi connectivity index (χ1n) is 7.29. The minimum absolute atomic E-state index is 0.0901. The number of hydrogen-bond acceptors (Lipinski definition) is 5. The number of aromatic nitrogens is 2. The zero-order chi connectivity index (χ0) is 15.5.